The van der Waals surface area contributed by atoms with Crippen LogP contribution >= 0.6 is 0 Å². The number of rotatable bonds is 2. The Morgan fingerprint density at radius 2 is 2.17 bits per heavy atom. The third-order valence-corrected chi connectivity index (χ3v) is 7.38. The molecule has 5 rings (SSSR count). The van der Waals surface area contributed by atoms with Crippen molar-refractivity contribution in [3.8, 4) is 5.75 Å². The summed E-state index contributed by atoms with van der Waals surface area (Å²) in [7, 11) is 0. The molecule has 128 valence electrons. The van der Waals surface area contributed by atoms with Crippen molar-refractivity contribution >= 4 is 5.78 Å². The molecular weight excluding hydrogens is 298 g/mol. The average Bonchev–Trinajstić information content (AvgIpc) is 3.36. The van der Waals surface area contributed by atoms with Crippen LogP contribution in [0, 0.1) is 17.8 Å². The van der Waals surface area contributed by atoms with Gasteiger partial charge in [0.2, 0.25) is 0 Å². The van der Waals surface area contributed by atoms with Gasteiger partial charge >= 0.3 is 0 Å². The first-order valence-electron chi connectivity index (χ1n) is 9.66. The lowest BCUT2D eigenvalue weighted by Gasteiger charge is -2.59. The van der Waals surface area contributed by atoms with Gasteiger partial charge in [0.25, 0.3) is 0 Å². The Labute approximate surface area is 144 Å². The van der Waals surface area contributed by atoms with E-state index in [1.54, 1.807) is 0 Å². The summed E-state index contributed by atoms with van der Waals surface area (Å²) in [6, 6.07) is 6.49. The molecule has 0 amide bonds. The molecule has 1 aliphatic heterocycles. The summed E-state index contributed by atoms with van der Waals surface area (Å²) in [5.74, 6) is 2.47. The highest BCUT2D eigenvalue weighted by Gasteiger charge is 2.57. The maximum atomic E-state index is 12.6. The van der Waals surface area contributed by atoms with Crippen LogP contribution in [-0.2, 0) is 16.6 Å². The summed E-state index contributed by atoms with van der Waals surface area (Å²) in [5.41, 5.74) is 2.65. The van der Waals surface area contributed by atoms with Gasteiger partial charge in [-0.25, -0.2) is 0 Å². The Morgan fingerprint density at radius 1 is 1.33 bits per heavy atom. The van der Waals surface area contributed by atoms with Crippen LogP contribution in [0.25, 0.3) is 0 Å². The van der Waals surface area contributed by atoms with Crippen LogP contribution in [0.2, 0.25) is 0 Å². The fraction of sp³-hybridized carbons (Fsp3) is 0.667. The lowest BCUT2D eigenvalue weighted by atomic mass is 9.50. The largest absolute Gasteiger partial charge is 0.508 e. The number of Topliss-reactive ketones (excluding diaryl/α,β-unsaturated/α-hetero) is 1. The normalized spacial score (nSPS) is 38.5. The van der Waals surface area contributed by atoms with Crippen LogP contribution < -0.4 is 0 Å². The van der Waals surface area contributed by atoms with Gasteiger partial charge in [-0.1, -0.05) is 13.0 Å². The van der Waals surface area contributed by atoms with Gasteiger partial charge in [0.1, 0.15) is 11.5 Å². The van der Waals surface area contributed by atoms with Crippen LogP contribution in [0.15, 0.2) is 18.2 Å². The minimum absolute atomic E-state index is 0.0133. The number of hydrogen-bond acceptors (Lipinski definition) is 3. The molecule has 1 saturated heterocycles. The summed E-state index contributed by atoms with van der Waals surface area (Å²) in [5, 5.41) is 10.1. The molecule has 0 spiro atoms. The lowest BCUT2D eigenvalue weighted by molar-refractivity contribution is -0.132. The number of phenolic OH excluding ortho intramolecular Hbond substituents is 1. The standard InChI is InChI=1S/C21H27NO2/c1-13-8-18-19-9-15-4-5-16(23)10-17(15)21(18,11-20(13)24)6-7-22(19)12-14-2-3-14/h4-5,10,13-14,18-19,23H,2-3,6-9,11-12H2,1H3/t13-,18-,19?,21?/m0/s1. The van der Waals surface area contributed by atoms with Crippen LogP contribution in [0.3, 0.4) is 0 Å². The van der Waals surface area contributed by atoms with E-state index < -0.39 is 0 Å². The van der Waals surface area contributed by atoms with Crippen LogP contribution in [0.5, 0.6) is 5.75 Å². The van der Waals surface area contributed by atoms with Crippen LogP contribution in [0.1, 0.15) is 50.2 Å². The van der Waals surface area contributed by atoms with E-state index in [1.807, 2.05) is 12.1 Å². The molecule has 4 aliphatic rings. The van der Waals surface area contributed by atoms with E-state index in [0.717, 1.165) is 31.7 Å². The molecule has 0 radical (unpaired) electrons. The second-order valence-electron chi connectivity index (χ2n) is 8.84. The lowest BCUT2D eigenvalue weighted by Crippen LogP contribution is -2.63. The Hall–Kier alpha value is -1.35. The molecule has 2 saturated carbocycles. The number of carbonyl (C=O) groups excluding carboxylic acids is 1. The third-order valence-electron chi connectivity index (χ3n) is 7.38. The third kappa shape index (κ3) is 2.10. The molecular formula is C21H27NO2. The Kier molecular flexibility index (Phi) is 3.16. The van der Waals surface area contributed by atoms with Gasteiger partial charge in [-0.2, -0.15) is 0 Å². The number of ketones is 1. The smallest absolute Gasteiger partial charge is 0.136 e. The zero-order valence-corrected chi connectivity index (χ0v) is 14.5. The molecule has 0 aromatic heterocycles. The van der Waals surface area contributed by atoms with E-state index in [-0.39, 0.29) is 11.3 Å². The summed E-state index contributed by atoms with van der Waals surface area (Å²) in [6.45, 7) is 4.50. The molecule has 1 aromatic carbocycles. The molecule has 1 heterocycles. The van der Waals surface area contributed by atoms with E-state index in [1.165, 1.54) is 30.5 Å². The topological polar surface area (TPSA) is 40.5 Å². The minimum Gasteiger partial charge on any atom is -0.508 e. The summed E-state index contributed by atoms with van der Waals surface area (Å²) < 4.78 is 0. The highest BCUT2D eigenvalue weighted by molar-refractivity contribution is 5.83. The quantitative estimate of drug-likeness (QED) is 0.907. The van der Waals surface area contributed by atoms with Crippen molar-refractivity contribution in [3.05, 3.63) is 29.3 Å². The number of aromatic hydroxyl groups is 1. The molecule has 3 aliphatic carbocycles. The van der Waals surface area contributed by atoms with Gasteiger partial charge in [-0.15, -0.1) is 0 Å². The monoisotopic (exact) mass is 325 g/mol. The zero-order chi connectivity index (χ0) is 16.5. The van der Waals surface area contributed by atoms with Crippen molar-refractivity contribution in [1.82, 2.24) is 4.90 Å². The number of piperidine rings is 1. The minimum atomic E-state index is -0.0133. The molecule has 1 N–H and O–H groups in total. The molecule has 4 atom stereocenters. The summed E-state index contributed by atoms with van der Waals surface area (Å²) >= 11 is 0. The summed E-state index contributed by atoms with van der Waals surface area (Å²) in [6.07, 6.45) is 6.69. The van der Waals surface area contributed by atoms with Crippen molar-refractivity contribution in [2.45, 2.75) is 56.9 Å². The number of fused-ring (bicyclic) bond motifs is 1. The van der Waals surface area contributed by atoms with Gasteiger partial charge < -0.3 is 5.11 Å². The van der Waals surface area contributed by atoms with E-state index in [0.29, 0.717) is 29.9 Å². The van der Waals surface area contributed by atoms with Crippen LogP contribution in [0.4, 0.5) is 0 Å². The fourth-order valence-corrected chi connectivity index (χ4v) is 5.91. The van der Waals surface area contributed by atoms with Gasteiger partial charge in [0.05, 0.1) is 0 Å². The fourth-order valence-electron chi connectivity index (χ4n) is 5.91. The van der Waals surface area contributed by atoms with E-state index >= 15 is 0 Å². The van der Waals surface area contributed by atoms with E-state index in [4.69, 9.17) is 0 Å². The molecule has 3 heteroatoms. The molecule has 2 bridgehead atoms. The maximum Gasteiger partial charge on any atom is 0.136 e. The maximum absolute atomic E-state index is 12.6. The Balaban J connectivity index is 1.60. The van der Waals surface area contributed by atoms with E-state index in [2.05, 4.69) is 17.9 Å². The predicted molar refractivity (Wildman–Crippen MR) is 93.1 cm³/mol. The molecule has 3 fully saturated rings. The number of hydrogen-bond donors (Lipinski definition) is 1. The first-order valence-corrected chi connectivity index (χ1v) is 9.66. The second-order valence-corrected chi connectivity index (χ2v) is 8.84. The highest BCUT2D eigenvalue weighted by Crippen LogP contribution is 2.56. The first kappa shape index (κ1) is 14.9. The van der Waals surface area contributed by atoms with E-state index in [9.17, 15) is 9.90 Å². The average molecular weight is 325 g/mol. The molecule has 2 unspecified atom stereocenters. The van der Waals surface area contributed by atoms with Gasteiger partial charge in [0.15, 0.2) is 0 Å². The van der Waals surface area contributed by atoms with Gasteiger partial charge in [-0.05, 0) is 73.7 Å². The number of likely N-dealkylation sites (tertiary alicyclic amines) is 1. The number of nitrogens with zero attached hydrogens (tertiary/aromatic N) is 1. The molecule has 1 aromatic rings. The Morgan fingerprint density at radius 3 is 2.96 bits per heavy atom. The second kappa shape index (κ2) is 5.08. The van der Waals surface area contributed by atoms with Crippen molar-refractivity contribution < 1.29 is 9.90 Å². The highest BCUT2D eigenvalue weighted by atomic mass is 16.3. The molecule has 3 nitrogen and oxygen atoms in total. The SMILES string of the molecule is C[C@H]1C[C@H]2C3Cc4ccc(O)cc4C2(CCN3CC2CC2)CC1=O. The Bertz CT molecular complexity index is 695. The number of benzene rings is 1. The first-order chi connectivity index (χ1) is 11.6. The van der Waals surface area contributed by atoms with Crippen LogP contribution in [-0.4, -0.2) is 34.9 Å². The van der Waals surface area contributed by atoms with Crippen molar-refractivity contribution in [3.63, 3.8) is 0 Å². The zero-order valence-electron chi connectivity index (χ0n) is 14.5. The molecule has 24 heavy (non-hydrogen) atoms. The van der Waals surface area contributed by atoms with Crippen molar-refractivity contribution in [2.75, 3.05) is 13.1 Å². The van der Waals surface area contributed by atoms with Crippen molar-refractivity contribution in [1.29, 1.82) is 0 Å². The van der Waals surface area contributed by atoms with Gasteiger partial charge in [-0.3, -0.25) is 9.69 Å². The number of phenols is 1. The number of carbonyl (C=O) groups is 1. The summed E-state index contributed by atoms with van der Waals surface area (Å²) in [4.78, 5) is 15.4. The van der Waals surface area contributed by atoms with Gasteiger partial charge in [0, 0.05) is 30.3 Å². The predicted octanol–water partition coefficient (Wildman–Crippen LogP) is 3.29. The van der Waals surface area contributed by atoms with Crippen molar-refractivity contribution in [2.24, 2.45) is 17.8 Å².